The first kappa shape index (κ1) is 11.9. The Morgan fingerprint density at radius 1 is 1.33 bits per heavy atom. The molecule has 55 valence electrons. The van der Waals surface area contributed by atoms with Crippen LogP contribution in [0.2, 0.25) is 0 Å². The van der Waals surface area contributed by atoms with Crippen molar-refractivity contribution in [1.29, 1.82) is 0 Å². The zero-order valence-corrected chi connectivity index (χ0v) is 7.12. The molecule has 0 N–H and O–H groups in total. The molecule has 0 aromatic rings. The fourth-order valence-corrected chi connectivity index (χ4v) is 0.459. The van der Waals surface area contributed by atoms with Gasteiger partial charge >= 0.3 is 0 Å². The molecular formula is C6H11AgN2+. The van der Waals surface area contributed by atoms with Gasteiger partial charge < -0.3 is 0 Å². The minimum absolute atomic E-state index is 0. The molecule has 1 heterocycles. The average Bonchev–Trinajstić information content (AvgIpc) is 1.84. The van der Waals surface area contributed by atoms with E-state index in [2.05, 4.69) is 19.1 Å². The van der Waals surface area contributed by atoms with E-state index >= 15 is 0 Å². The summed E-state index contributed by atoms with van der Waals surface area (Å²) in [5.41, 5.74) is 0. The molecule has 1 aliphatic rings. The number of rotatable bonds is 0. The minimum Gasteiger partial charge on any atom is -0.258 e. The normalized spacial score (nSPS) is 18.4. The van der Waals surface area contributed by atoms with Crippen LogP contribution >= 0.6 is 0 Å². The molecule has 0 aromatic carbocycles. The van der Waals surface area contributed by atoms with Gasteiger partial charge in [0.2, 0.25) is 0 Å². The smallest absolute Gasteiger partial charge is 0.194 e. The van der Waals surface area contributed by atoms with Crippen molar-refractivity contribution in [3.8, 4) is 0 Å². The van der Waals surface area contributed by atoms with Crippen molar-refractivity contribution in [3.05, 3.63) is 19.8 Å². The molecule has 0 spiro atoms. The second kappa shape index (κ2) is 4.01. The number of quaternary nitrogens is 1. The zero-order chi connectivity index (χ0) is 5.33. The van der Waals surface area contributed by atoms with Crippen LogP contribution in [0.25, 0.3) is 0 Å². The summed E-state index contributed by atoms with van der Waals surface area (Å²) in [6.07, 6.45) is 5.69. The van der Waals surface area contributed by atoms with Crippen molar-refractivity contribution in [3.63, 3.8) is 0 Å². The monoisotopic (exact) mass is 218 g/mol. The third-order valence-electron chi connectivity index (χ3n) is 0.901. The molecule has 0 aromatic heterocycles. The van der Waals surface area contributed by atoms with Crippen LogP contribution in [0.1, 0.15) is 0 Å². The Balaban J connectivity index is 0. The third kappa shape index (κ3) is 3.65. The van der Waals surface area contributed by atoms with Crippen molar-refractivity contribution in [2.24, 2.45) is 4.99 Å². The van der Waals surface area contributed by atoms with Crippen LogP contribution in [0.5, 0.6) is 0 Å². The molecule has 0 amide bonds. The fraction of sp³-hybridized carbons (Fsp3) is 0.333. The van der Waals surface area contributed by atoms with E-state index in [1.54, 1.807) is 6.20 Å². The Kier molecular flexibility index (Phi) is 5.28. The van der Waals surface area contributed by atoms with Gasteiger partial charge in [-0.3, -0.25) is 4.48 Å². The minimum atomic E-state index is 0. The first-order chi connectivity index (χ1) is 3.21. The molecule has 0 fully saturated rings. The standard InChI is InChI=1S/C5H9N2.CH2.Ag/c1-7(2)4-3-6-5-7;;/h3-5H,1-2H3;1H2;/q+1;;. The first-order valence-electron chi connectivity index (χ1n) is 2.26. The van der Waals surface area contributed by atoms with Crippen LogP contribution in [0.15, 0.2) is 17.4 Å². The first-order valence-corrected chi connectivity index (χ1v) is 2.26. The maximum absolute atomic E-state index is 3.90. The third-order valence-corrected chi connectivity index (χ3v) is 0.901. The Labute approximate surface area is 72.4 Å². The van der Waals surface area contributed by atoms with E-state index in [0.717, 1.165) is 4.48 Å². The maximum Gasteiger partial charge on any atom is 0.194 e. The van der Waals surface area contributed by atoms with Crippen LogP contribution in [0.3, 0.4) is 0 Å². The molecule has 0 saturated heterocycles. The van der Waals surface area contributed by atoms with Gasteiger partial charge in [0.1, 0.15) is 6.20 Å². The Morgan fingerprint density at radius 2 is 1.89 bits per heavy atom. The van der Waals surface area contributed by atoms with Crippen LogP contribution in [0.4, 0.5) is 0 Å². The maximum atomic E-state index is 3.90. The molecule has 0 unspecified atom stereocenters. The molecule has 0 saturated carbocycles. The summed E-state index contributed by atoms with van der Waals surface area (Å²) in [6, 6.07) is 0. The van der Waals surface area contributed by atoms with Crippen LogP contribution in [-0.4, -0.2) is 24.9 Å². The number of hydrogen-bond donors (Lipinski definition) is 0. The van der Waals surface area contributed by atoms with E-state index in [1.165, 1.54) is 0 Å². The molecule has 3 radical (unpaired) electrons. The average molecular weight is 219 g/mol. The predicted molar refractivity (Wildman–Crippen MR) is 35.1 cm³/mol. The van der Waals surface area contributed by atoms with Gasteiger partial charge in [0, 0.05) is 22.4 Å². The van der Waals surface area contributed by atoms with E-state index < -0.39 is 0 Å². The molecule has 0 aliphatic carbocycles. The fourth-order valence-electron chi connectivity index (χ4n) is 0.459. The summed E-state index contributed by atoms with van der Waals surface area (Å²) in [5, 5.41) is 0. The van der Waals surface area contributed by atoms with Crippen molar-refractivity contribution in [2.45, 2.75) is 0 Å². The van der Waals surface area contributed by atoms with Gasteiger partial charge in [-0.05, 0) is 0 Å². The van der Waals surface area contributed by atoms with Gasteiger partial charge in [-0.1, -0.05) is 7.43 Å². The van der Waals surface area contributed by atoms with Crippen LogP contribution < -0.4 is 0 Å². The van der Waals surface area contributed by atoms with E-state index in [-0.39, 0.29) is 29.8 Å². The van der Waals surface area contributed by atoms with Gasteiger partial charge in [0.15, 0.2) is 6.34 Å². The summed E-state index contributed by atoms with van der Waals surface area (Å²) >= 11 is 0. The number of aliphatic imine (C=N–C) groups is 1. The van der Waals surface area contributed by atoms with Crippen molar-refractivity contribution >= 4 is 6.34 Å². The van der Waals surface area contributed by atoms with Crippen molar-refractivity contribution in [1.82, 2.24) is 0 Å². The van der Waals surface area contributed by atoms with Gasteiger partial charge in [-0.25, -0.2) is 4.99 Å². The Morgan fingerprint density at radius 3 is 2.00 bits per heavy atom. The van der Waals surface area contributed by atoms with Crippen molar-refractivity contribution in [2.75, 3.05) is 14.1 Å². The molecule has 0 atom stereocenters. The molecule has 1 aliphatic heterocycles. The van der Waals surface area contributed by atoms with Gasteiger partial charge in [0.05, 0.1) is 20.3 Å². The molecule has 1 rings (SSSR count). The zero-order valence-electron chi connectivity index (χ0n) is 5.64. The second-order valence-corrected chi connectivity index (χ2v) is 2.19. The Bertz CT molecular complexity index is 113. The van der Waals surface area contributed by atoms with E-state index in [4.69, 9.17) is 0 Å². The van der Waals surface area contributed by atoms with Crippen molar-refractivity contribution < 1.29 is 26.9 Å². The van der Waals surface area contributed by atoms with E-state index in [1.807, 2.05) is 12.5 Å². The summed E-state index contributed by atoms with van der Waals surface area (Å²) in [6.45, 7) is 0. The molecule has 0 bridgehead atoms. The van der Waals surface area contributed by atoms with Gasteiger partial charge in [0.25, 0.3) is 0 Å². The van der Waals surface area contributed by atoms with E-state index in [9.17, 15) is 0 Å². The quantitative estimate of drug-likeness (QED) is 0.424. The van der Waals surface area contributed by atoms with E-state index in [0.29, 0.717) is 0 Å². The summed E-state index contributed by atoms with van der Waals surface area (Å²) in [7, 11) is 4.12. The summed E-state index contributed by atoms with van der Waals surface area (Å²) in [4.78, 5) is 3.90. The van der Waals surface area contributed by atoms with Crippen LogP contribution in [0, 0.1) is 7.43 Å². The molecule has 3 heteroatoms. The van der Waals surface area contributed by atoms with Crippen LogP contribution in [-0.2, 0) is 22.4 Å². The molecule has 2 nitrogen and oxygen atoms in total. The van der Waals surface area contributed by atoms with Gasteiger partial charge in [-0.15, -0.1) is 0 Å². The second-order valence-electron chi connectivity index (χ2n) is 2.19. The Hall–Kier alpha value is 0.110. The molecule has 9 heavy (non-hydrogen) atoms. The number of hydrogen-bond acceptors (Lipinski definition) is 1. The summed E-state index contributed by atoms with van der Waals surface area (Å²) < 4.78 is 0.778. The molecular weight excluding hydrogens is 208 g/mol. The SMILES string of the molecule is C[N+]1(C)C=CN=C1.[Ag].[CH2]. The topological polar surface area (TPSA) is 12.4 Å². The number of nitrogens with zero attached hydrogens (tertiary/aromatic N) is 2. The predicted octanol–water partition coefficient (Wildman–Crippen LogP) is 0.901. The largest absolute Gasteiger partial charge is 0.258 e. The van der Waals surface area contributed by atoms with Gasteiger partial charge in [-0.2, -0.15) is 0 Å². The summed E-state index contributed by atoms with van der Waals surface area (Å²) in [5.74, 6) is 0.